The van der Waals surface area contributed by atoms with Crippen LogP contribution in [0.1, 0.15) is 38.7 Å². The number of hydrogen-bond donors (Lipinski definition) is 1. The van der Waals surface area contributed by atoms with E-state index in [1.165, 1.54) is 4.31 Å². The number of ether oxygens (including phenoxy) is 2. The summed E-state index contributed by atoms with van der Waals surface area (Å²) in [6, 6.07) is 14.8. The van der Waals surface area contributed by atoms with E-state index in [-0.39, 0.29) is 16.2 Å². The minimum atomic E-state index is -3.95. The van der Waals surface area contributed by atoms with Crippen molar-refractivity contribution >= 4 is 15.9 Å². The Kier molecular flexibility index (Phi) is 5.03. The highest BCUT2D eigenvalue weighted by molar-refractivity contribution is 7.89. The molecule has 8 heteroatoms. The van der Waals surface area contributed by atoms with E-state index >= 15 is 0 Å². The van der Waals surface area contributed by atoms with Crippen molar-refractivity contribution in [2.45, 2.75) is 50.0 Å². The zero-order chi connectivity index (χ0) is 24.5. The molecule has 35 heavy (non-hydrogen) atoms. The summed E-state index contributed by atoms with van der Waals surface area (Å²) in [5.41, 5.74) is -0.595. The molecule has 1 saturated heterocycles. The van der Waals surface area contributed by atoms with Gasteiger partial charge in [0.15, 0.2) is 11.5 Å². The highest BCUT2D eigenvalue weighted by Gasteiger charge is 2.81. The van der Waals surface area contributed by atoms with E-state index in [2.05, 4.69) is 19.2 Å². The van der Waals surface area contributed by atoms with Crippen molar-refractivity contribution < 1.29 is 22.7 Å². The van der Waals surface area contributed by atoms with Crippen molar-refractivity contribution in [1.82, 2.24) is 9.62 Å². The molecule has 2 aromatic rings. The van der Waals surface area contributed by atoms with Crippen LogP contribution in [0.2, 0.25) is 0 Å². The largest absolute Gasteiger partial charge is 0.486 e. The molecule has 2 aromatic carbocycles. The number of sulfonamides is 1. The first kappa shape index (κ1) is 22.9. The van der Waals surface area contributed by atoms with Crippen LogP contribution in [0, 0.1) is 16.7 Å². The normalized spacial score (nSPS) is 33.1. The van der Waals surface area contributed by atoms with Gasteiger partial charge < -0.3 is 14.8 Å². The van der Waals surface area contributed by atoms with E-state index in [4.69, 9.17) is 9.47 Å². The molecule has 2 aliphatic carbocycles. The summed E-state index contributed by atoms with van der Waals surface area (Å²) in [6.07, 6.45) is 3.17. The zero-order valence-corrected chi connectivity index (χ0v) is 21.1. The van der Waals surface area contributed by atoms with E-state index in [1.54, 1.807) is 18.2 Å². The first-order valence-electron chi connectivity index (χ1n) is 12.5. The van der Waals surface area contributed by atoms with Crippen LogP contribution >= 0.6 is 0 Å². The molecule has 2 saturated carbocycles. The molecule has 186 valence electrons. The number of piperidine rings is 1. The van der Waals surface area contributed by atoms with Crippen LogP contribution in [-0.4, -0.2) is 50.5 Å². The minimum Gasteiger partial charge on any atom is -0.486 e. The number of amides is 1. The number of hydrogen-bond acceptors (Lipinski definition) is 5. The smallest absolute Gasteiger partial charge is 0.244 e. The van der Waals surface area contributed by atoms with Gasteiger partial charge in [0.05, 0.1) is 4.90 Å². The Hall–Kier alpha value is -2.58. The molecule has 1 amide bonds. The Morgan fingerprint density at radius 3 is 2.57 bits per heavy atom. The van der Waals surface area contributed by atoms with Gasteiger partial charge >= 0.3 is 0 Å². The minimum absolute atomic E-state index is 0.147. The lowest BCUT2D eigenvalue weighted by molar-refractivity contribution is -0.135. The van der Waals surface area contributed by atoms with Crippen LogP contribution < -0.4 is 14.8 Å². The number of carbonyl (C=O) groups excluding carboxylic acids is 1. The summed E-state index contributed by atoms with van der Waals surface area (Å²) in [5.74, 6) is 1.16. The molecule has 1 N–H and O–H groups in total. The van der Waals surface area contributed by atoms with Gasteiger partial charge in [-0.15, -0.1) is 0 Å². The fraction of sp³-hybridized carbons (Fsp3) is 0.519. The summed E-state index contributed by atoms with van der Waals surface area (Å²) >= 11 is 0. The fourth-order valence-electron chi connectivity index (χ4n) is 7.39. The monoisotopic (exact) mass is 496 g/mol. The van der Waals surface area contributed by atoms with Gasteiger partial charge in [-0.2, -0.15) is 4.31 Å². The van der Waals surface area contributed by atoms with E-state index in [9.17, 15) is 13.2 Å². The molecule has 0 radical (unpaired) electrons. The van der Waals surface area contributed by atoms with Crippen LogP contribution in [-0.2, 0) is 21.2 Å². The van der Waals surface area contributed by atoms with Gasteiger partial charge in [0, 0.05) is 24.6 Å². The van der Waals surface area contributed by atoms with E-state index in [0.717, 1.165) is 18.4 Å². The summed E-state index contributed by atoms with van der Waals surface area (Å²) in [6.45, 7) is 5.97. The number of carbonyl (C=O) groups is 1. The molecular formula is C27H32N2O5S. The number of benzene rings is 2. The molecular weight excluding hydrogens is 464 g/mol. The van der Waals surface area contributed by atoms with Crippen LogP contribution in [0.3, 0.4) is 0 Å². The summed E-state index contributed by atoms with van der Waals surface area (Å²) in [4.78, 5) is 14.2. The predicted molar refractivity (Wildman–Crippen MR) is 131 cm³/mol. The van der Waals surface area contributed by atoms with Crippen molar-refractivity contribution in [1.29, 1.82) is 0 Å². The molecule has 6 rings (SSSR count). The highest BCUT2D eigenvalue weighted by Crippen LogP contribution is 2.76. The van der Waals surface area contributed by atoms with Crippen molar-refractivity contribution in [2.75, 3.05) is 26.3 Å². The van der Waals surface area contributed by atoms with Crippen molar-refractivity contribution in [3.63, 3.8) is 0 Å². The van der Waals surface area contributed by atoms with Gasteiger partial charge in [0.1, 0.15) is 18.8 Å². The van der Waals surface area contributed by atoms with Gasteiger partial charge in [-0.25, -0.2) is 8.42 Å². The molecule has 4 bridgehead atoms. The molecule has 3 fully saturated rings. The van der Waals surface area contributed by atoms with Crippen molar-refractivity contribution in [3.05, 3.63) is 54.1 Å². The second-order valence-corrected chi connectivity index (χ2v) is 12.7. The van der Waals surface area contributed by atoms with Gasteiger partial charge in [-0.05, 0) is 54.7 Å². The third-order valence-electron chi connectivity index (χ3n) is 9.53. The molecule has 0 spiro atoms. The van der Waals surface area contributed by atoms with E-state index in [1.807, 2.05) is 30.3 Å². The van der Waals surface area contributed by atoms with E-state index in [0.29, 0.717) is 56.6 Å². The number of nitrogens with zero attached hydrogens (tertiary/aromatic N) is 1. The maximum Gasteiger partial charge on any atom is 0.244 e. The third-order valence-corrected chi connectivity index (χ3v) is 11.4. The van der Waals surface area contributed by atoms with Gasteiger partial charge in [-0.3, -0.25) is 4.79 Å². The molecule has 2 heterocycles. The Labute approximate surface area is 206 Å². The van der Waals surface area contributed by atoms with Crippen molar-refractivity contribution in [3.8, 4) is 11.5 Å². The number of nitrogens with one attached hydrogen (secondary N) is 1. The first-order valence-corrected chi connectivity index (χ1v) is 13.9. The third kappa shape index (κ3) is 2.99. The molecule has 0 unspecified atom stereocenters. The Balaban J connectivity index is 1.35. The average molecular weight is 497 g/mol. The quantitative estimate of drug-likeness (QED) is 0.663. The second-order valence-electron chi connectivity index (χ2n) is 10.9. The van der Waals surface area contributed by atoms with Gasteiger partial charge in [-0.1, -0.05) is 44.2 Å². The molecule has 2 aliphatic heterocycles. The van der Waals surface area contributed by atoms with Crippen LogP contribution in [0.15, 0.2) is 53.4 Å². The molecule has 7 nitrogen and oxygen atoms in total. The zero-order valence-electron chi connectivity index (χ0n) is 20.2. The average Bonchev–Trinajstić information content (AvgIpc) is 3.33. The Bertz CT molecular complexity index is 1280. The van der Waals surface area contributed by atoms with Crippen LogP contribution in [0.4, 0.5) is 0 Å². The van der Waals surface area contributed by atoms with Crippen molar-refractivity contribution in [2.24, 2.45) is 16.7 Å². The number of rotatable bonds is 6. The topological polar surface area (TPSA) is 84.9 Å². The first-order chi connectivity index (χ1) is 16.7. The maximum absolute atomic E-state index is 14.1. The fourth-order valence-corrected chi connectivity index (χ4v) is 9.35. The SMILES string of the molecule is C[C@@]12CC[C@@H]3C[C@]1(C(=O)NCCc1ccccc1)N(S(=O)(=O)c1ccc4c(c1)OCCO4)C[C@]32C. The molecule has 0 aromatic heterocycles. The molecule has 4 atom stereocenters. The summed E-state index contributed by atoms with van der Waals surface area (Å²) in [5, 5.41) is 3.13. The Morgan fingerprint density at radius 2 is 1.83 bits per heavy atom. The standard InChI is InChI=1S/C27H32N2O5S/c1-25-18-29(35(31,32)21-8-9-22-23(16-21)34-15-14-33-22)27(17-20(25)10-12-26(25,27)2)24(30)28-13-11-19-6-4-3-5-7-19/h3-9,16,20H,10-15,17-18H2,1-2H3,(H,28,30)/t20-,25-,26+,27-/m1/s1. The Morgan fingerprint density at radius 1 is 1.09 bits per heavy atom. The maximum atomic E-state index is 14.1. The molecule has 4 aliphatic rings. The van der Waals surface area contributed by atoms with E-state index < -0.39 is 21.0 Å². The lowest BCUT2D eigenvalue weighted by Gasteiger charge is -2.46. The number of fused-ring (bicyclic) bond motifs is 1. The van der Waals surface area contributed by atoms with Gasteiger partial charge in [0.25, 0.3) is 0 Å². The lowest BCUT2D eigenvalue weighted by Crippen LogP contribution is -2.64. The summed E-state index contributed by atoms with van der Waals surface area (Å²) < 4.78 is 41.0. The van der Waals surface area contributed by atoms with Crippen LogP contribution in [0.25, 0.3) is 0 Å². The predicted octanol–water partition coefficient (Wildman–Crippen LogP) is 3.39. The highest BCUT2D eigenvalue weighted by atomic mass is 32.2. The van der Waals surface area contributed by atoms with Gasteiger partial charge in [0.2, 0.25) is 15.9 Å². The summed E-state index contributed by atoms with van der Waals surface area (Å²) in [7, 11) is -3.95. The lowest BCUT2D eigenvalue weighted by atomic mass is 9.65. The van der Waals surface area contributed by atoms with Crippen LogP contribution in [0.5, 0.6) is 11.5 Å². The second kappa shape index (κ2) is 7.71.